The fraction of sp³-hybridized carbons (Fsp3) is 0.417. The molecule has 3 heterocycles. The number of nitrogen functional groups attached to an aromatic ring is 1. The standard InChI is InChI=1S/C12H15IN6/c13-10-7-15-8-16-12(10)18-4-1-9(2-5-18)19-6-3-11(14)17-19/h3,6-9H,1-2,4-5H2,(H2,14,17). The SMILES string of the molecule is Nc1ccn(C2CCN(c3ncncc3I)CC2)n1. The molecule has 2 N–H and O–H groups in total. The number of piperidine rings is 1. The first-order valence-corrected chi connectivity index (χ1v) is 7.33. The van der Waals surface area contributed by atoms with Crippen LogP contribution in [0.1, 0.15) is 18.9 Å². The van der Waals surface area contributed by atoms with Gasteiger partial charge in [0.1, 0.15) is 18.0 Å². The highest BCUT2D eigenvalue weighted by molar-refractivity contribution is 14.1. The maximum Gasteiger partial charge on any atom is 0.145 e. The van der Waals surface area contributed by atoms with Crippen molar-refractivity contribution in [1.82, 2.24) is 19.7 Å². The van der Waals surface area contributed by atoms with Crippen LogP contribution in [-0.4, -0.2) is 32.8 Å². The van der Waals surface area contributed by atoms with Gasteiger partial charge in [-0.2, -0.15) is 5.10 Å². The molecule has 7 heteroatoms. The molecular weight excluding hydrogens is 355 g/mol. The zero-order valence-corrected chi connectivity index (χ0v) is 12.6. The van der Waals surface area contributed by atoms with Gasteiger partial charge in [-0.15, -0.1) is 0 Å². The van der Waals surface area contributed by atoms with Crippen LogP contribution < -0.4 is 10.6 Å². The summed E-state index contributed by atoms with van der Waals surface area (Å²) in [7, 11) is 0. The van der Waals surface area contributed by atoms with Crippen LogP contribution in [-0.2, 0) is 0 Å². The second kappa shape index (κ2) is 5.32. The molecule has 0 radical (unpaired) electrons. The van der Waals surface area contributed by atoms with Crippen molar-refractivity contribution in [3.63, 3.8) is 0 Å². The van der Waals surface area contributed by atoms with Gasteiger partial charge in [-0.25, -0.2) is 9.97 Å². The molecule has 1 aliphatic heterocycles. The Balaban J connectivity index is 1.68. The highest BCUT2D eigenvalue weighted by Crippen LogP contribution is 2.27. The molecule has 1 saturated heterocycles. The van der Waals surface area contributed by atoms with E-state index in [9.17, 15) is 0 Å². The van der Waals surface area contributed by atoms with Crippen molar-refractivity contribution in [2.75, 3.05) is 23.7 Å². The van der Waals surface area contributed by atoms with E-state index in [0.29, 0.717) is 11.9 Å². The van der Waals surface area contributed by atoms with Crippen LogP contribution in [0.3, 0.4) is 0 Å². The van der Waals surface area contributed by atoms with Gasteiger partial charge >= 0.3 is 0 Å². The molecule has 0 spiro atoms. The van der Waals surface area contributed by atoms with Crippen LogP contribution in [0, 0.1) is 3.57 Å². The van der Waals surface area contributed by atoms with Gasteiger partial charge in [0.05, 0.1) is 9.61 Å². The fourth-order valence-corrected chi connectivity index (χ4v) is 3.08. The van der Waals surface area contributed by atoms with Gasteiger partial charge in [-0.05, 0) is 41.5 Å². The molecule has 2 aromatic rings. The monoisotopic (exact) mass is 370 g/mol. The lowest BCUT2D eigenvalue weighted by molar-refractivity contribution is 0.366. The minimum absolute atomic E-state index is 0.438. The summed E-state index contributed by atoms with van der Waals surface area (Å²) in [5, 5.41) is 4.30. The Hall–Kier alpha value is -1.38. The first-order chi connectivity index (χ1) is 9.24. The van der Waals surface area contributed by atoms with Gasteiger partial charge in [-0.1, -0.05) is 0 Å². The summed E-state index contributed by atoms with van der Waals surface area (Å²) >= 11 is 2.28. The van der Waals surface area contributed by atoms with E-state index in [-0.39, 0.29) is 0 Å². The van der Waals surface area contributed by atoms with E-state index >= 15 is 0 Å². The Labute approximate surface area is 125 Å². The van der Waals surface area contributed by atoms with Gasteiger partial charge in [-0.3, -0.25) is 4.68 Å². The van der Waals surface area contributed by atoms with Gasteiger partial charge in [0, 0.05) is 25.5 Å². The average molecular weight is 370 g/mol. The number of halogens is 1. The van der Waals surface area contributed by atoms with Crippen molar-refractivity contribution in [3.8, 4) is 0 Å². The zero-order chi connectivity index (χ0) is 13.2. The lowest BCUT2D eigenvalue weighted by Crippen LogP contribution is -2.35. The second-order valence-electron chi connectivity index (χ2n) is 4.63. The molecule has 1 aliphatic rings. The lowest BCUT2D eigenvalue weighted by Gasteiger charge is -2.33. The Morgan fingerprint density at radius 2 is 2.11 bits per heavy atom. The molecule has 0 unspecified atom stereocenters. The maximum absolute atomic E-state index is 5.66. The molecule has 0 saturated carbocycles. The lowest BCUT2D eigenvalue weighted by atomic mass is 10.1. The Bertz CT molecular complexity index is 561. The van der Waals surface area contributed by atoms with E-state index in [1.807, 2.05) is 23.1 Å². The number of nitrogens with two attached hydrogens (primary N) is 1. The first-order valence-electron chi connectivity index (χ1n) is 6.25. The second-order valence-corrected chi connectivity index (χ2v) is 5.80. The topological polar surface area (TPSA) is 72.9 Å². The molecule has 2 aromatic heterocycles. The highest BCUT2D eigenvalue weighted by atomic mass is 127. The summed E-state index contributed by atoms with van der Waals surface area (Å²) in [6, 6.07) is 2.28. The smallest absolute Gasteiger partial charge is 0.145 e. The van der Waals surface area contributed by atoms with Crippen LogP contribution in [0.2, 0.25) is 0 Å². The van der Waals surface area contributed by atoms with E-state index < -0.39 is 0 Å². The number of aromatic nitrogens is 4. The van der Waals surface area contributed by atoms with Gasteiger partial charge in [0.25, 0.3) is 0 Å². The maximum atomic E-state index is 5.66. The fourth-order valence-electron chi connectivity index (χ4n) is 2.44. The van der Waals surface area contributed by atoms with Crippen LogP contribution in [0.25, 0.3) is 0 Å². The Morgan fingerprint density at radius 3 is 2.74 bits per heavy atom. The van der Waals surface area contributed by atoms with Gasteiger partial charge < -0.3 is 10.6 Å². The molecule has 0 aromatic carbocycles. The summed E-state index contributed by atoms with van der Waals surface area (Å²) in [6.45, 7) is 1.97. The third kappa shape index (κ3) is 2.65. The van der Waals surface area contributed by atoms with Crippen molar-refractivity contribution in [2.45, 2.75) is 18.9 Å². The summed E-state index contributed by atoms with van der Waals surface area (Å²) < 4.78 is 3.08. The summed E-state index contributed by atoms with van der Waals surface area (Å²) in [5.41, 5.74) is 5.66. The van der Waals surface area contributed by atoms with Crippen molar-refractivity contribution in [3.05, 3.63) is 28.4 Å². The summed E-state index contributed by atoms with van der Waals surface area (Å²) in [6.07, 6.45) is 7.54. The van der Waals surface area contributed by atoms with Gasteiger partial charge in [0.15, 0.2) is 0 Å². The number of rotatable bonds is 2. The van der Waals surface area contributed by atoms with E-state index in [4.69, 9.17) is 5.73 Å². The molecule has 3 rings (SSSR count). The molecule has 19 heavy (non-hydrogen) atoms. The van der Waals surface area contributed by atoms with Crippen LogP contribution in [0.5, 0.6) is 0 Å². The van der Waals surface area contributed by atoms with E-state index in [2.05, 4.69) is 42.6 Å². The average Bonchev–Trinajstić information content (AvgIpc) is 2.86. The minimum Gasteiger partial charge on any atom is -0.382 e. The molecule has 0 amide bonds. The summed E-state index contributed by atoms with van der Waals surface area (Å²) in [5.74, 6) is 1.63. The predicted molar refractivity (Wildman–Crippen MR) is 81.9 cm³/mol. The zero-order valence-electron chi connectivity index (χ0n) is 10.4. The van der Waals surface area contributed by atoms with Crippen LogP contribution >= 0.6 is 22.6 Å². The van der Waals surface area contributed by atoms with Crippen LogP contribution in [0.15, 0.2) is 24.8 Å². The van der Waals surface area contributed by atoms with Crippen molar-refractivity contribution in [1.29, 1.82) is 0 Å². The Morgan fingerprint density at radius 1 is 1.32 bits per heavy atom. The quantitative estimate of drug-likeness (QED) is 0.815. The third-order valence-corrected chi connectivity index (χ3v) is 4.18. The van der Waals surface area contributed by atoms with Crippen molar-refractivity contribution in [2.24, 2.45) is 0 Å². The molecular formula is C12H15IN6. The molecule has 6 nitrogen and oxygen atoms in total. The number of anilines is 2. The van der Waals surface area contributed by atoms with Crippen molar-refractivity contribution < 1.29 is 0 Å². The highest BCUT2D eigenvalue weighted by Gasteiger charge is 2.23. The molecule has 0 atom stereocenters. The van der Waals surface area contributed by atoms with E-state index in [1.165, 1.54) is 0 Å². The van der Waals surface area contributed by atoms with E-state index in [0.717, 1.165) is 35.3 Å². The molecule has 0 bridgehead atoms. The first kappa shape index (κ1) is 12.6. The number of nitrogens with zero attached hydrogens (tertiary/aromatic N) is 5. The molecule has 0 aliphatic carbocycles. The van der Waals surface area contributed by atoms with E-state index in [1.54, 1.807) is 6.33 Å². The number of hydrogen-bond acceptors (Lipinski definition) is 5. The molecule has 100 valence electrons. The summed E-state index contributed by atoms with van der Waals surface area (Å²) in [4.78, 5) is 10.7. The van der Waals surface area contributed by atoms with Crippen molar-refractivity contribution >= 4 is 34.2 Å². The molecule has 1 fully saturated rings. The number of hydrogen-bond donors (Lipinski definition) is 1. The third-order valence-electron chi connectivity index (χ3n) is 3.42. The normalized spacial score (nSPS) is 16.8. The predicted octanol–water partition coefficient (Wildman–Crippen LogP) is 1.70. The van der Waals surface area contributed by atoms with Crippen LogP contribution in [0.4, 0.5) is 11.6 Å². The minimum atomic E-state index is 0.438. The Kier molecular flexibility index (Phi) is 3.54. The van der Waals surface area contributed by atoms with Gasteiger partial charge in [0.2, 0.25) is 0 Å². The largest absolute Gasteiger partial charge is 0.382 e.